The van der Waals surface area contributed by atoms with Crippen LogP contribution in [0.4, 0.5) is 17.6 Å². The van der Waals surface area contributed by atoms with Gasteiger partial charge in [-0.05, 0) is 19.1 Å². The third-order valence-electron chi connectivity index (χ3n) is 2.83. The predicted molar refractivity (Wildman–Crippen MR) is 71.4 cm³/mol. The molecular weight excluding hydrogens is 340 g/mol. The molecule has 1 heterocycles. The maximum atomic E-state index is 14.0. The number of aromatic nitrogens is 2. The second kappa shape index (κ2) is 6.03. The van der Waals surface area contributed by atoms with Gasteiger partial charge < -0.3 is 0 Å². The molecule has 0 fully saturated rings. The molecular formula is C13H11BrF4N2. The van der Waals surface area contributed by atoms with Gasteiger partial charge in [0.05, 0.1) is 16.6 Å². The van der Waals surface area contributed by atoms with Crippen LogP contribution in [0.3, 0.4) is 0 Å². The largest absolute Gasteiger partial charge is 0.248 e. The van der Waals surface area contributed by atoms with E-state index in [4.69, 9.17) is 0 Å². The van der Waals surface area contributed by atoms with Gasteiger partial charge in [-0.2, -0.15) is 0 Å². The number of aryl methyl sites for hydroxylation is 1. The van der Waals surface area contributed by atoms with E-state index in [2.05, 4.69) is 25.9 Å². The molecule has 0 saturated carbocycles. The minimum atomic E-state index is -2.24. The van der Waals surface area contributed by atoms with E-state index in [1.54, 1.807) is 13.0 Å². The fraction of sp³-hybridized carbons (Fsp3) is 0.385. The fourth-order valence-corrected chi connectivity index (χ4v) is 2.36. The normalized spacial score (nSPS) is 14.5. The lowest BCUT2D eigenvalue weighted by atomic mass is 10.1. The van der Waals surface area contributed by atoms with Gasteiger partial charge in [0, 0.05) is 10.9 Å². The van der Waals surface area contributed by atoms with Crippen LogP contribution in [-0.4, -0.2) is 29.0 Å². The van der Waals surface area contributed by atoms with E-state index in [1.165, 1.54) is 6.07 Å². The number of hydrogen-bond donors (Lipinski definition) is 0. The van der Waals surface area contributed by atoms with Crippen LogP contribution in [0.5, 0.6) is 0 Å². The van der Waals surface area contributed by atoms with Crippen molar-refractivity contribution in [2.75, 3.05) is 6.67 Å². The summed E-state index contributed by atoms with van der Waals surface area (Å²) < 4.78 is 53.1. The molecule has 0 aliphatic heterocycles. The van der Waals surface area contributed by atoms with Crippen molar-refractivity contribution in [2.24, 2.45) is 0 Å². The predicted octanol–water partition coefficient (Wildman–Crippen LogP) is 4.03. The van der Waals surface area contributed by atoms with Gasteiger partial charge in [-0.3, -0.25) is 0 Å². The first kappa shape index (κ1) is 15.2. The number of rotatable bonds is 4. The smallest absolute Gasteiger partial charge is 0.160 e. The van der Waals surface area contributed by atoms with Gasteiger partial charge >= 0.3 is 0 Å². The van der Waals surface area contributed by atoms with Crippen molar-refractivity contribution in [1.29, 1.82) is 0 Å². The van der Waals surface area contributed by atoms with Gasteiger partial charge in [-0.1, -0.05) is 15.9 Å². The Morgan fingerprint density at radius 1 is 1.20 bits per heavy atom. The van der Waals surface area contributed by atoms with E-state index in [0.29, 0.717) is 15.8 Å². The van der Waals surface area contributed by atoms with Crippen LogP contribution in [-0.2, 0) is 6.42 Å². The molecule has 0 bridgehead atoms. The first-order chi connectivity index (χ1) is 9.42. The quantitative estimate of drug-likeness (QED) is 0.778. The van der Waals surface area contributed by atoms with Crippen LogP contribution < -0.4 is 0 Å². The van der Waals surface area contributed by atoms with Crippen molar-refractivity contribution in [1.82, 2.24) is 9.97 Å². The number of halogens is 5. The third-order valence-corrected chi connectivity index (χ3v) is 3.29. The average Bonchev–Trinajstić information content (AvgIpc) is 2.35. The van der Waals surface area contributed by atoms with Crippen molar-refractivity contribution in [3.8, 4) is 0 Å². The van der Waals surface area contributed by atoms with Crippen molar-refractivity contribution >= 4 is 26.8 Å². The summed E-state index contributed by atoms with van der Waals surface area (Å²) in [5, 5.41) is 0.0347. The van der Waals surface area contributed by atoms with Crippen molar-refractivity contribution in [2.45, 2.75) is 25.7 Å². The average molecular weight is 351 g/mol. The molecule has 2 atom stereocenters. The Balaban J connectivity index is 2.52. The molecule has 0 spiro atoms. The first-order valence-electron chi connectivity index (χ1n) is 5.88. The van der Waals surface area contributed by atoms with Crippen LogP contribution in [0.15, 0.2) is 16.6 Å². The third kappa shape index (κ3) is 3.08. The highest BCUT2D eigenvalue weighted by atomic mass is 79.9. The minimum absolute atomic E-state index is 0.0347. The summed E-state index contributed by atoms with van der Waals surface area (Å²) in [4.78, 5) is 8.01. The van der Waals surface area contributed by atoms with Crippen molar-refractivity contribution < 1.29 is 17.6 Å². The molecule has 1 aromatic heterocycles. The van der Waals surface area contributed by atoms with Gasteiger partial charge in [0.2, 0.25) is 0 Å². The highest BCUT2D eigenvalue weighted by Crippen LogP contribution is 2.26. The molecule has 0 radical (unpaired) electrons. The summed E-state index contributed by atoms with van der Waals surface area (Å²) in [7, 11) is 0. The summed E-state index contributed by atoms with van der Waals surface area (Å²) in [6, 6.07) is 2.76. The van der Waals surface area contributed by atoms with Gasteiger partial charge in [-0.25, -0.2) is 27.5 Å². The molecule has 0 N–H and O–H groups in total. The maximum absolute atomic E-state index is 14.0. The fourth-order valence-electron chi connectivity index (χ4n) is 1.94. The second-order valence-corrected chi connectivity index (χ2v) is 5.31. The molecule has 1 aromatic carbocycles. The maximum Gasteiger partial charge on any atom is 0.160 e. The summed E-state index contributed by atoms with van der Waals surface area (Å²) >= 11 is 3.13. The van der Waals surface area contributed by atoms with Gasteiger partial charge in [-0.15, -0.1) is 0 Å². The van der Waals surface area contributed by atoms with E-state index in [9.17, 15) is 17.6 Å². The zero-order chi connectivity index (χ0) is 14.9. The lowest BCUT2D eigenvalue weighted by Gasteiger charge is -2.13. The molecule has 0 aliphatic rings. The Labute approximate surface area is 121 Å². The van der Waals surface area contributed by atoms with Crippen molar-refractivity contribution in [3.63, 3.8) is 0 Å². The summed E-state index contributed by atoms with van der Waals surface area (Å²) in [5.74, 6) is -0.319. The first-order valence-corrected chi connectivity index (χ1v) is 6.68. The highest BCUT2D eigenvalue weighted by molar-refractivity contribution is 9.10. The highest BCUT2D eigenvalue weighted by Gasteiger charge is 2.23. The van der Waals surface area contributed by atoms with Crippen LogP contribution >= 0.6 is 15.9 Å². The molecule has 2 rings (SSSR count). The second-order valence-electron chi connectivity index (χ2n) is 4.39. The van der Waals surface area contributed by atoms with E-state index >= 15 is 0 Å². The van der Waals surface area contributed by atoms with E-state index in [-0.39, 0.29) is 11.1 Å². The number of hydrogen-bond acceptors (Lipinski definition) is 2. The molecule has 7 heteroatoms. The van der Waals surface area contributed by atoms with Crippen LogP contribution in [0.2, 0.25) is 0 Å². The summed E-state index contributed by atoms with van der Waals surface area (Å²) in [6.45, 7) is 0.147. The Hall–Kier alpha value is -1.24. The van der Waals surface area contributed by atoms with Gasteiger partial charge in [0.25, 0.3) is 0 Å². The van der Waals surface area contributed by atoms with E-state index < -0.39 is 31.3 Å². The molecule has 2 unspecified atom stereocenters. The van der Waals surface area contributed by atoms with Gasteiger partial charge in [0.1, 0.15) is 24.5 Å². The lowest BCUT2D eigenvalue weighted by Crippen LogP contribution is -2.22. The molecule has 20 heavy (non-hydrogen) atoms. The Kier molecular flexibility index (Phi) is 4.57. The Bertz CT molecular complexity index is 630. The topological polar surface area (TPSA) is 25.8 Å². The lowest BCUT2D eigenvalue weighted by molar-refractivity contribution is 0.136. The van der Waals surface area contributed by atoms with Crippen LogP contribution in [0.1, 0.15) is 11.5 Å². The molecule has 108 valence electrons. The molecule has 0 saturated heterocycles. The number of fused-ring (bicyclic) bond motifs is 1. The minimum Gasteiger partial charge on any atom is -0.248 e. The molecule has 2 nitrogen and oxygen atoms in total. The zero-order valence-corrected chi connectivity index (χ0v) is 12.1. The zero-order valence-electron chi connectivity index (χ0n) is 10.5. The summed E-state index contributed by atoms with van der Waals surface area (Å²) in [5.41, 5.74) is 0.336. The Morgan fingerprint density at radius 2 is 1.90 bits per heavy atom. The number of benzene rings is 1. The van der Waals surface area contributed by atoms with E-state index in [1.807, 2.05) is 0 Å². The molecule has 0 amide bonds. The summed E-state index contributed by atoms with van der Waals surface area (Å²) in [6.07, 6.45) is -4.80. The SMILES string of the molecule is Cc1nc(CC(F)C(F)CF)c2c(F)cc(Br)cc2n1. The molecule has 0 aliphatic carbocycles. The van der Waals surface area contributed by atoms with Crippen molar-refractivity contribution in [3.05, 3.63) is 33.9 Å². The molecule has 2 aromatic rings. The number of nitrogens with zero attached hydrogens (tertiary/aromatic N) is 2. The number of alkyl halides is 3. The monoisotopic (exact) mass is 350 g/mol. The standard InChI is InChI=1S/C13H11BrF4N2/c1-6-19-11-3-7(14)2-9(17)13(11)12(20-6)4-8(16)10(18)5-15/h2-3,8,10H,4-5H2,1H3. The van der Waals surface area contributed by atoms with Crippen LogP contribution in [0.25, 0.3) is 10.9 Å². The Morgan fingerprint density at radius 3 is 2.55 bits per heavy atom. The van der Waals surface area contributed by atoms with Crippen LogP contribution in [0, 0.1) is 12.7 Å². The van der Waals surface area contributed by atoms with E-state index in [0.717, 1.165) is 0 Å². The van der Waals surface area contributed by atoms with Gasteiger partial charge in [0.15, 0.2) is 6.17 Å².